The number of anilines is 1. The molecular weight excluding hydrogens is 318 g/mol. The van der Waals surface area contributed by atoms with Gasteiger partial charge in [0.25, 0.3) is 5.91 Å². The zero-order chi connectivity index (χ0) is 18.1. The summed E-state index contributed by atoms with van der Waals surface area (Å²) in [6, 6.07) is 15.9. The van der Waals surface area contributed by atoms with Crippen LogP contribution in [0, 0.1) is 0 Å². The molecule has 0 aromatic heterocycles. The van der Waals surface area contributed by atoms with Gasteiger partial charge in [-0.15, -0.1) is 0 Å². The third-order valence-corrected chi connectivity index (χ3v) is 3.64. The molecule has 0 heterocycles. The van der Waals surface area contributed by atoms with E-state index in [4.69, 9.17) is 10.5 Å². The molecular formula is C19H23N3O3. The average molecular weight is 341 g/mol. The van der Waals surface area contributed by atoms with Crippen LogP contribution in [0.5, 0.6) is 0 Å². The third kappa shape index (κ3) is 6.02. The van der Waals surface area contributed by atoms with Crippen molar-refractivity contribution in [3.05, 3.63) is 65.7 Å². The van der Waals surface area contributed by atoms with Crippen LogP contribution in [-0.4, -0.2) is 38.1 Å². The van der Waals surface area contributed by atoms with E-state index < -0.39 is 6.04 Å². The Hall–Kier alpha value is -2.70. The van der Waals surface area contributed by atoms with Crippen molar-refractivity contribution in [2.24, 2.45) is 5.73 Å². The van der Waals surface area contributed by atoms with Gasteiger partial charge in [0.15, 0.2) is 0 Å². The molecule has 0 bridgehead atoms. The van der Waals surface area contributed by atoms with E-state index in [1.54, 1.807) is 24.3 Å². The molecule has 4 N–H and O–H groups in total. The van der Waals surface area contributed by atoms with Crippen LogP contribution in [0.4, 0.5) is 5.69 Å². The highest BCUT2D eigenvalue weighted by Gasteiger charge is 2.13. The fraction of sp³-hybridized carbons (Fsp3) is 0.263. The van der Waals surface area contributed by atoms with E-state index in [0.717, 1.165) is 6.42 Å². The molecule has 0 aliphatic rings. The Morgan fingerprint density at radius 1 is 1.08 bits per heavy atom. The first-order valence-corrected chi connectivity index (χ1v) is 8.07. The molecule has 2 aromatic rings. The maximum atomic E-state index is 12.1. The molecule has 0 aliphatic heterocycles. The Morgan fingerprint density at radius 3 is 2.40 bits per heavy atom. The summed E-state index contributed by atoms with van der Waals surface area (Å²) in [6.45, 7) is 0.709. The molecule has 0 aliphatic carbocycles. The van der Waals surface area contributed by atoms with Crippen LogP contribution in [0.2, 0.25) is 0 Å². The van der Waals surface area contributed by atoms with E-state index in [9.17, 15) is 9.59 Å². The molecule has 2 aromatic carbocycles. The molecule has 2 amide bonds. The third-order valence-electron chi connectivity index (χ3n) is 3.64. The molecule has 0 saturated carbocycles. The Labute approximate surface area is 147 Å². The highest BCUT2D eigenvalue weighted by atomic mass is 16.5. The zero-order valence-corrected chi connectivity index (χ0v) is 14.2. The predicted molar refractivity (Wildman–Crippen MR) is 97.4 cm³/mol. The number of amides is 2. The van der Waals surface area contributed by atoms with Crippen LogP contribution in [0.15, 0.2) is 54.6 Å². The SMILES string of the molecule is COCC(N)C(=O)Nc1ccc(C(=O)NCCc2ccccc2)cc1. The lowest BCUT2D eigenvalue weighted by molar-refractivity contribution is -0.118. The Kier molecular flexibility index (Phi) is 7.13. The molecule has 0 spiro atoms. The maximum Gasteiger partial charge on any atom is 0.251 e. The molecule has 0 fully saturated rings. The quantitative estimate of drug-likeness (QED) is 0.679. The topological polar surface area (TPSA) is 93.4 Å². The van der Waals surface area contributed by atoms with E-state index >= 15 is 0 Å². The van der Waals surface area contributed by atoms with Crippen LogP contribution < -0.4 is 16.4 Å². The predicted octanol–water partition coefficient (Wildman–Crippen LogP) is 1.57. The molecule has 2 rings (SSSR count). The highest BCUT2D eigenvalue weighted by molar-refractivity contribution is 5.97. The number of nitrogens with one attached hydrogen (secondary N) is 2. The number of hydrogen-bond acceptors (Lipinski definition) is 4. The van der Waals surface area contributed by atoms with Crippen molar-refractivity contribution in [2.75, 3.05) is 25.6 Å². The van der Waals surface area contributed by atoms with Crippen molar-refractivity contribution in [3.63, 3.8) is 0 Å². The van der Waals surface area contributed by atoms with Gasteiger partial charge in [-0.05, 0) is 36.2 Å². The summed E-state index contributed by atoms with van der Waals surface area (Å²) < 4.78 is 4.84. The Morgan fingerprint density at radius 2 is 1.76 bits per heavy atom. The average Bonchev–Trinajstić information content (AvgIpc) is 2.63. The fourth-order valence-electron chi connectivity index (χ4n) is 2.26. The number of carbonyl (C=O) groups is 2. The van der Waals surface area contributed by atoms with Crippen LogP contribution in [0.1, 0.15) is 15.9 Å². The molecule has 1 atom stereocenters. The second-order valence-electron chi connectivity index (χ2n) is 5.62. The second-order valence-corrected chi connectivity index (χ2v) is 5.62. The van der Waals surface area contributed by atoms with Crippen molar-refractivity contribution < 1.29 is 14.3 Å². The summed E-state index contributed by atoms with van der Waals surface area (Å²) in [5.41, 5.74) is 7.95. The number of benzene rings is 2. The van der Waals surface area contributed by atoms with E-state index in [-0.39, 0.29) is 18.4 Å². The number of ether oxygens (including phenoxy) is 1. The van der Waals surface area contributed by atoms with Gasteiger partial charge >= 0.3 is 0 Å². The monoisotopic (exact) mass is 341 g/mol. The Balaban J connectivity index is 1.82. The van der Waals surface area contributed by atoms with Gasteiger partial charge < -0.3 is 21.1 Å². The van der Waals surface area contributed by atoms with Crippen molar-refractivity contribution in [1.82, 2.24) is 5.32 Å². The molecule has 6 nitrogen and oxygen atoms in total. The van der Waals surface area contributed by atoms with Crippen LogP contribution in [-0.2, 0) is 16.0 Å². The number of rotatable bonds is 8. The summed E-state index contributed by atoms with van der Waals surface area (Å²) in [6.07, 6.45) is 0.776. The number of nitrogens with two attached hydrogens (primary N) is 1. The number of carbonyl (C=O) groups excluding carboxylic acids is 2. The molecule has 0 saturated heterocycles. The lowest BCUT2D eigenvalue weighted by Gasteiger charge is -2.11. The van der Waals surface area contributed by atoms with Gasteiger partial charge in [0.1, 0.15) is 6.04 Å². The van der Waals surface area contributed by atoms with Crippen molar-refractivity contribution >= 4 is 17.5 Å². The molecule has 1 unspecified atom stereocenters. The van der Waals surface area contributed by atoms with Crippen molar-refractivity contribution in [2.45, 2.75) is 12.5 Å². The van der Waals surface area contributed by atoms with Gasteiger partial charge in [-0.3, -0.25) is 9.59 Å². The van der Waals surface area contributed by atoms with Gasteiger partial charge in [-0.25, -0.2) is 0 Å². The minimum absolute atomic E-state index is 0.147. The minimum Gasteiger partial charge on any atom is -0.383 e. The van der Waals surface area contributed by atoms with Gasteiger partial charge in [-0.2, -0.15) is 0 Å². The van der Waals surface area contributed by atoms with Crippen molar-refractivity contribution in [3.8, 4) is 0 Å². The van der Waals surface area contributed by atoms with Crippen LogP contribution in [0.3, 0.4) is 0 Å². The molecule has 25 heavy (non-hydrogen) atoms. The standard InChI is InChI=1S/C19H23N3O3/c1-25-13-17(20)19(24)22-16-9-7-15(8-10-16)18(23)21-12-11-14-5-3-2-4-6-14/h2-10,17H,11-13,20H2,1H3,(H,21,23)(H,22,24). The summed E-state index contributed by atoms with van der Waals surface area (Å²) in [5, 5.41) is 5.56. The maximum absolute atomic E-state index is 12.1. The van der Waals surface area contributed by atoms with Gasteiger partial charge in [0, 0.05) is 24.9 Å². The first kappa shape index (κ1) is 18.6. The molecule has 132 valence electrons. The fourth-order valence-corrected chi connectivity index (χ4v) is 2.26. The van der Waals surface area contributed by atoms with E-state index in [2.05, 4.69) is 10.6 Å². The van der Waals surface area contributed by atoms with Crippen LogP contribution in [0.25, 0.3) is 0 Å². The smallest absolute Gasteiger partial charge is 0.251 e. The lowest BCUT2D eigenvalue weighted by Crippen LogP contribution is -2.39. The van der Waals surface area contributed by atoms with E-state index in [0.29, 0.717) is 17.8 Å². The van der Waals surface area contributed by atoms with Gasteiger partial charge in [0.2, 0.25) is 5.91 Å². The zero-order valence-electron chi connectivity index (χ0n) is 14.2. The molecule has 0 radical (unpaired) electrons. The van der Waals surface area contributed by atoms with E-state index in [1.165, 1.54) is 12.7 Å². The Bertz CT molecular complexity index is 687. The normalized spacial score (nSPS) is 11.6. The first-order valence-electron chi connectivity index (χ1n) is 8.07. The first-order chi connectivity index (χ1) is 12.1. The number of hydrogen-bond donors (Lipinski definition) is 3. The minimum atomic E-state index is -0.731. The summed E-state index contributed by atoms with van der Waals surface area (Å²) in [5.74, 6) is -0.480. The summed E-state index contributed by atoms with van der Waals surface area (Å²) in [7, 11) is 1.48. The van der Waals surface area contributed by atoms with Crippen molar-refractivity contribution in [1.29, 1.82) is 0 Å². The second kappa shape index (κ2) is 9.56. The largest absolute Gasteiger partial charge is 0.383 e. The van der Waals surface area contributed by atoms with E-state index in [1.807, 2.05) is 30.3 Å². The van der Waals surface area contributed by atoms with Gasteiger partial charge in [-0.1, -0.05) is 30.3 Å². The highest BCUT2D eigenvalue weighted by Crippen LogP contribution is 2.10. The van der Waals surface area contributed by atoms with Crippen LogP contribution >= 0.6 is 0 Å². The summed E-state index contributed by atoms with van der Waals surface area (Å²) >= 11 is 0. The lowest BCUT2D eigenvalue weighted by atomic mass is 10.1. The number of methoxy groups -OCH3 is 1. The summed E-state index contributed by atoms with van der Waals surface area (Å²) in [4.78, 5) is 23.9. The van der Waals surface area contributed by atoms with Gasteiger partial charge in [0.05, 0.1) is 6.61 Å². The molecule has 6 heteroatoms.